The largest absolute Gasteiger partial charge is 0.377 e. The quantitative estimate of drug-likeness (QED) is 0.449. The molecule has 0 aliphatic carbocycles. The van der Waals surface area contributed by atoms with Crippen LogP contribution in [0.15, 0.2) is 54.6 Å². The van der Waals surface area contributed by atoms with Crippen molar-refractivity contribution in [1.29, 1.82) is 0 Å². The average Bonchev–Trinajstić information content (AvgIpc) is 2.59. The normalized spacial score (nSPS) is 13.0. The van der Waals surface area contributed by atoms with Crippen LogP contribution in [0.5, 0.6) is 0 Å². The highest BCUT2D eigenvalue weighted by Crippen LogP contribution is 2.32. The first kappa shape index (κ1) is 18.9. The molecule has 0 aliphatic heterocycles. The Hall–Kier alpha value is -1.39. The van der Waals surface area contributed by atoms with Gasteiger partial charge in [-0.05, 0) is 31.0 Å². The maximum absolute atomic E-state index is 6.34. The predicted molar refractivity (Wildman–Crippen MR) is 97.1 cm³/mol. The first-order valence-corrected chi connectivity index (χ1v) is 8.49. The van der Waals surface area contributed by atoms with Crippen molar-refractivity contribution in [2.24, 2.45) is 0 Å². The summed E-state index contributed by atoms with van der Waals surface area (Å²) in [4.78, 5) is 0. The zero-order valence-corrected chi connectivity index (χ0v) is 15.3. The lowest BCUT2D eigenvalue weighted by atomic mass is 10.1. The molecule has 0 N–H and O–H groups in total. The highest BCUT2D eigenvalue weighted by Gasteiger charge is 2.25. The predicted octanol–water partition coefficient (Wildman–Crippen LogP) is 5.39. The lowest BCUT2D eigenvalue weighted by molar-refractivity contribution is -0.228. The maximum atomic E-state index is 6.34. The summed E-state index contributed by atoms with van der Waals surface area (Å²) in [5.74, 6) is -0.691. The van der Waals surface area contributed by atoms with Crippen LogP contribution in [0.4, 0.5) is 0 Å². The van der Waals surface area contributed by atoms with Gasteiger partial charge in [0.25, 0.3) is 0 Å². The second-order valence-corrected chi connectivity index (χ2v) is 6.47. The van der Waals surface area contributed by atoms with Gasteiger partial charge >= 0.3 is 0 Å². The van der Waals surface area contributed by atoms with Crippen LogP contribution in [0.2, 0.25) is 5.02 Å². The Balaban J connectivity index is 1.97. The molecule has 2 aromatic rings. The summed E-state index contributed by atoms with van der Waals surface area (Å²) in [5.41, 5.74) is 2.11. The van der Waals surface area contributed by atoms with Gasteiger partial charge in [-0.3, -0.25) is 0 Å². The molecule has 0 saturated carbocycles. The molecule has 0 saturated heterocycles. The molecule has 1 atom stereocenters. The van der Waals surface area contributed by atoms with E-state index in [1.54, 1.807) is 7.11 Å². The summed E-state index contributed by atoms with van der Waals surface area (Å²) in [6.07, 6.45) is 0.507. The Morgan fingerprint density at radius 1 is 1.00 bits per heavy atom. The van der Waals surface area contributed by atoms with Gasteiger partial charge in [0, 0.05) is 25.2 Å². The molecule has 0 aromatic heterocycles. The van der Waals surface area contributed by atoms with Crippen molar-refractivity contribution in [3.63, 3.8) is 0 Å². The van der Waals surface area contributed by atoms with Crippen LogP contribution in [0.3, 0.4) is 0 Å². The molecule has 2 aromatic carbocycles. The molecule has 0 bridgehead atoms. The summed E-state index contributed by atoms with van der Waals surface area (Å²) in [6, 6.07) is 17.8. The van der Waals surface area contributed by atoms with Crippen LogP contribution in [-0.2, 0) is 20.8 Å². The molecule has 3 nitrogen and oxygen atoms in total. The summed E-state index contributed by atoms with van der Waals surface area (Å²) in [7, 11) is 1.63. The fourth-order valence-corrected chi connectivity index (χ4v) is 2.62. The van der Waals surface area contributed by atoms with Gasteiger partial charge in [0.15, 0.2) is 5.79 Å². The van der Waals surface area contributed by atoms with Crippen molar-refractivity contribution >= 4 is 11.6 Å². The SMILES string of the molecule is COC(C)(C)O[C@@H](CCOCc1ccccc1)c1ccccc1Cl. The van der Waals surface area contributed by atoms with Gasteiger partial charge in [0.05, 0.1) is 12.7 Å². The summed E-state index contributed by atoms with van der Waals surface area (Å²) in [6.45, 7) is 4.94. The van der Waals surface area contributed by atoms with Gasteiger partial charge in [-0.1, -0.05) is 60.1 Å². The Kier molecular flexibility index (Phi) is 7.25. The van der Waals surface area contributed by atoms with Crippen LogP contribution in [0.1, 0.15) is 37.5 Å². The summed E-state index contributed by atoms with van der Waals surface area (Å²) >= 11 is 6.34. The number of rotatable bonds is 9. The van der Waals surface area contributed by atoms with Crippen LogP contribution < -0.4 is 0 Å². The number of halogens is 1. The van der Waals surface area contributed by atoms with Crippen molar-refractivity contribution in [3.8, 4) is 0 Å². The van der Waals surface area contributed by atoms with E-state index in [1.807, 2.05) is 56.3 Å². The molecular weight excluding hydrogens is 324 g/mol. The van der Waals surface area contributed by atoms with Gasteiger partial charge in [0.1, 0.15) is 0 Å². The maximum Gasteiger partial charge on any atom is 0.163 e. The van der Waals surface area contributed by atoms with E-state index in [4.69, 9.17) is 25.8 Å². The Labute approximate surface area is 149 Å². The Bertz CT molecular complexity index is 613. The van der Waals surface area contributed by atoms with Gasteiger partial charge in [-0.15, -0.1) is 0 Å². The van der Waals surface area contributed by atoms with E-state index < -0.39 is 5.79 Å². The number of hydrogen-bond donors (Lipinski definition) is 0. The molecule has 0 heterocycles. The topological polar surface area (TPSA) is 27.7 Å². The van der Waals surface area contributed by atoms with Crippen molar-refractivity contribution in [3.05, 3.63) is 70.7 Å². The van der Waals surface area contributed by atoms with Gasteiger partial charge in [-0.25, -0.2) is 0 Å². The molecule has 0 unspecified atom stereocenters. The fourth-order valence-electron chi connectivity index (χ4n) is 2.36. The van der Waals surface area contributed by atoms with Gasteiger partial charge in [0.2, 0.25) is 0 Å². The molecule has 0 radical (unpaired) electrons. The zero-order valence-electron chi connectivity index (χ0n) is 14.5. The van der Waals surface area contributed by atoms with Crippen LogP contribution in [0, 0.1) is 0 Å². The van der Waals surface area contributed by atoms with E-state index in [0.29, 0.717) is 24.7 Å². The minimum Gasteiger partial charge on any atom is -0.377 e. The van der Waals surface area contributed by atoms with Gasteiger partial charge in [-0.2, -0.15) is 0 Å². The fraction of sp³-hybridized carbons (Fsp3) is 0.400. The van der Waals surface area contributed by atoms with Crippen molar-refractivity contribution in [2.75, 3.05) is 13.7 Å². The monoisotopic (exact) mass is 348 g/mol. The summed E-state index contributed by atoms with van der Waals surface area (Å²) in [5, 5.41) is 0.692. The lowest BCUT2D eigenvalue weighted by Crippen LogP contribution is -2.29. The highest BCUT2D eigenvalue weighted by molar-refractivity contribution is 6.31. The first-order chi connectivity index (χ1) is 11.5. The third-order valence-electron chi connectivity index (χ3n) is 3.81. The minimum absolute atomic E-state index is 0.190. The number of benzene rings is 2. The third-order valence-corrected chi connectivity index (χ3v) is 4.15. The molecule has 4 heteroatoms. The summed E-state index contributed by atoms with van der Waals surface area (Å²) < 4.78 is 17.3. The van der Waals surface area contributed by atoms with Crippen LogP contribution in [0.25, 0.3) is 0 Å². The van der Waals surface area contributed by atoms with E-state index >= 15 is 0 Å². The number of hydrogen-bond acceptors (Lipinski definition) is 3. The second-order valence-electron chi connectivity index (χ2n) is 6.06. The van der Waals surface area contributed by atoms with Crippen molar-refractivity contribution in [2.45, 2.75) is 38.8 Å². The zero-order chi connectivity index (χ0) is 17.4. The number of ether oxygens (including phenoxy) is 3. The average molecular weight is 349 g/mol. The van der Waals surface area contributed by atoms with E-state index in [9.17, 15) is 0 Å². The molecular formula is C20H25ClO3. The second kappa shape index (κ2) is 9.19. The van der Waals surface area contributed by atoms with Crippen molar-refractivity contribution in [1.82, 2.24) is 0 Å². The molecule has 0 spiro atoms. The van der Waals surface area contributed by atoms with Gasteiger partial charge < -0.3 is 14.2 Å². The molecule has 0 aliphatic rings. The molecule has 130 valence electrons. The Morgan fingerprint density at radius 2 is 1.67 bits per heavy atom. The van der Waals surface area contributed by atoms with Crippen LogP contribution in [-0.4, -0.2) is 19.5 Å². The minimum atomic E-state index is -0.691. The van der Waals surface area contributed by atoms with Crippen LogP contribution >= 0.6 is 11.6 Å². The lowest BCUT2D eigenvalue weighted by Gasteiger charge is -2.30. The molecule has 0 amide bonds. The Morgan fingerprint density at radius 3 is 2.33 bits per heavy atom. The number of methoxy groups -OCH3 is 1. The van der Waals surface area contributed by atoms with E-state index in [2.05, 4.69) is 12.1 Å². The molecule has 24 heavy (non-hydrogen) atoms. The third kappa shape index (κ3) is 5.91. The molecule has 2 rings (SSSR count). The van der Waals surface area contributed by atoms with Crippen molar-refractivity contribution < 1.29 is 14.2 Å². The first-order valence-electron chi connectivity index (χ1n) is 8.11. The smallest absolute Gasteiger partial charge is 0.163 e. The molecule has 0 fully saturated rings. The highest BCUT2D eigenvalue weighted by atomic mass is 35.5. The van der Waals surface area contributed by atoms with E-state index in [0.717, 1.165) is 11.1 Å². The van der Waals surface area contributed by atoms with E-state index in [1.165, 1.54) is 0 Å². The standard InChI is InChI=1S/C20H25ClO3/c1-20(2,22-3)24-19(17-11-7-8-12-18(17)21)13-14-23-15-16-9-5-4-6-10-16/h4-12,19H,13-15H2,1-3H3/t19-/m0/s1. The van der Waals surface area contributed by atoms with E-state index in [-0.39, 0.29) is 6.10 Å².